The van der Waals surface area contributed by atoms with Gasteiger partial charge in [-0.2, -0.15) is 0 Å². The molecule has 2 saturated carbocycles. The summed E-state index contributed by atoms with van der Waals surface area (Å²) < 4.78 is 13.7. The predicted molar refractivity (Wildman–Crippen MR) is 86.1 cm³/mol. The van der Waals surface area contributed by atoms with Crippen molar-refractivity contribution < 1.29 is 4.39 Å². The zero-order valence-corrected chi connectivity index (χ0v) is 13.5. The first kappa shape index (κ1) is 15.3. The number of hydrogen-bond acceptors (Lipinski definition) is 1. The maximum atomic E-state index is 13.7. The van der Waals surface area contributed by atoms with Crippen LogP contribution in [-0.2, 0) is 6.42 Å². The third kappa shape index (κ3) is 3.43. The molecule has 0 saturated heterocycles. The Morgan fingerprint density at radius 1 is 1.33 bits per heavy atom. The van der Waals surface area contributed by atoms with Crippen LogP contribution in [0.5, 0.6) is 0 Å². The Hall–Kier alpha value is -0.600. The fraction of sp³-hybridized carbons (Fsp3) is 0.667. The molecule has 1 aromatic rings. The average molecular weight is 310 g/mol. The van der Waals surface area contributed by atoms with Crippen molar-refractivity contribution in [1.82, 2.24) is 5.32 Å². The van der Waals surface area contributed by atoms with E-state index < -0.39 is 0 Å². The van der Waals surface area contributed by atoms with E-state index in [1.807, 2.05) is 6.07 Å². The van der Waals surface area contributed by atoms with Gasteiger partial charge in [0.2, 0.25) is 0 Å². The first-order chi connectivity index (χ1) is 10.2. The van der Waals surface area contributed by atoms with Gasteiger partial charge in [0, 0.05) is 6.04 Å². The molecule has 0 aliphatic heterocycles. The van der Waals surface area contributed by atoms with E-state index in [0.717, 1.165) is 42.7 Å². The summed E-state index contributed by atoms with van der Waals surface area (Å²) in [5, 5.41) is 3.94. The lowest BCUT2D eigenvalue weighted by molar-refractivity contribution is 0.247. The van der Waals surface area contributed by atoms with Gasteiger partial charge >= 0.3 is 0 Å². The van der Waals surface area contributed by atoms with Gasteiger partial charge in [-0.1, -0.05) is 31.0 Å². The molecule has 2 aliphatic rings. The number of benzene rings is 1. The summed E-state index contributed by atoms with van der Waals surface area (Å²) in [5.41, 5.74) is 1.06. The summed E-state index contributed by atoms with van der Waals surface area (Å²) in [6.45, 7) is 3.25. The Morgan fingerprint density at radius 3 is 2.81 bits per heavy atom. The normalized spacial score (nSPS) is 29.0. The van der Waals surface area contributed by atoms with Crippen LogP contribution >= 0.6 is 11.6 Å². The van der Waals surface area contributed by atoms with Crippen molar-refractivity contribution in [3.63, 3.8) is 0 Å². The van der Waals surface area contributed by atoms with Crippen LogP contribution in [0.15, 0.2) is 18.2 Å². The predicted octanol–water partition coefficient (Wildman–Crippen LogP) is 4.83. The molecule has 2 aliphatic carbocycles. The van der Waals surface area contributed by atoms with Gasteiger partial charge in [0.25, 0.3) is 0 Å². The molecule has 3 heteroatoms. The van der Waals surface area contributed by atoms with E-state index in [-0.39, 0.29) is 10.8 Å². The van der Waals surface area contributed by atoms with E-state index in [2.05, 4.69) is 12.2 Å². The minimum absolute atomic E-state index is 0.219. The van der Waals surface area contributed by atoms with Crippen molar-refractivity contribution in [2.45, 2.75) is 51.5 Å². The first-order valence-electron chi connectivity index (χ1n) is 8.34. The van der Waals surface area contributed by atoms with E-state index in [4.69, 9.17) is 11.6 Å². The maximum absolute atomic E-state index is 13.7. The highest BCUT2D eigenvalue weighted by Gasteiger charge is 2.42. The third-order valence-corrected chi connectivity index (χ3v) is 5.71. The Morgan fingerprint density at radius 2 is 2.19 bits per heavy atom. The largest absolute Gasteiger partial charge is 0.313 e. The Kier molecular flexibility index (Phi) is 4.85. The van der Waals surface area contributed by atoms with Crippen LogP contribution in [0, 0.1) is 23.6 Å². The van der Waals surface area contributed by atoms with Crippen LogP contribution in [0.3, 0.4) is 0 Å². The van der Waals surface area contributed by atoms with Crippen molar-refractivity contribution in [1.29, 1.82) is 0 Å². The van der Waals surface area contributed by atoms with Crippen molar-refractivity contribution in [3.05, 3.63) is 34.6 Å². The van der Waals surface area contributed by atoms with Crippen molar-refractivity contribution >= 4 is 11.6 Å². The zero-order valence-electron chi connectivity index (χ0n) is 12.7. The van der Waals surface area contributed by atoms with Crippen LogP contribution < -0.4 is 5.32 Å². The molecule has 2 bridgehead atoms. The van der Waals surface area contributed by atoms with Crippen molar-refractivity contribution in [3.8, 4) is 0 Å². The third-order valence-electron chi connectivity index (χ3n) is 5.41. The van der Waals surface area contributed by atoms with Crippen LogP contribution in [-0.4, -0.2) is 12.6 Å². The summed E-state index contributed by atoms with van der Waals surface area (Å²) in [5.74, 6) is 2.32. The van der Waals surface area contributed by atoms with Gasteiger partial charge in [0.05, 0.1) is 5.02 Å². The lowest BCUT2D eigenvalue weighted by Gasteiger charge is -2.31. The molecule has 0 spiro atoms. The second-order valence-corrected chi connectivity index (χ2v) is 7.26. The van der Waals surface area contributed by atoms with E-state index in [1.165, 1.54) is 25.7 Å². The summed E-state index contributed by atoms with van der Waals surface area (Å²) in [4.78, 5) is 0. The summed E-state index contributed by atoms with van der Waals surface area (Å²) >= 11 is 5.79. The second kappa shape index (κ2) is 6.66. The Bertz CT molecular complexity index is 490. The summed E-state index contributed by atoms with van der Waals surface area (Å²) in [6.07, 6.45) is 7.67. The summed E-state index contributed by atoms with van der Waals surface area (Å²) in [7, 11) is 0. The Labute approximate surface area is 132 Å². The quantitative estimate of drug-likeness (QED) is 0.794. The molecule has 4 atom stereocenters. The molecule has 4 unspecified atom stereocenters. The van der Waals surface area contributed by atoms with E-state index >= 15 is 0 Å². The minimum atomic E-state index is -0.295. The number of halogens is 2. The monoisotopic (exact) mass is 309 g/mol. The number of fused-ring (bicyclic) bond motifs is 2. The average Bonchev–Trinajstić information content (AvgIpc) is 3.10. The molecule has 0 amide bonds. The molecule has 0 aromatic heterocycles. The molecule has 116 valence electrons. The van der Waals surface area contributed by atoms with Gasteiger partial charge in [-0.25, -0.2) is 4.39 Å². The molecule has 21 heavy (non-hydrogen) atoms. The first-order valence-corrected chi connectivity index (χ1v) is 8.72. The van der Waals surface area contributed by atoms with Crippen LogP contribution in [0.2, 0.25) is 5.02 Å². The van der Waals surface area contributed by atoms with Crippen LogP contribution in [0.25, 0.3) is 0 Å². The molecule has 1 aromatic carbocycles. The number of nitrogens with one attached hydrogen (secondary N) is 1. The Balaban J connectivity index is 1.71. The van der Waals surface area contributed by atoms with E-state index in [1.54, 1.807) is 12.1 Å². The molecule has 1 N–H and O–H groups in total. The topological polar surface area (TPSA) is 12.0 Å². The lowest BCUT2D eigenvalue weighted by atomic mass is 9.81. The maximum Gasteiger partial charge on any atom is 0.142 e. The van der Waals surface area contributed by atoms with Gasteiger partial charge in [-0.05, 0) is 74.1 Å². The number of hydrogen-bond donors (Lipinski definition) is 1. The second-order valence-electron chi connectivity index (χ2n) is 6.85. The fourth-order valence-electron chi connectivity index (χ4n) is 4.41. The standard InChI is InChI=1S/C18H25ClFN/c1-2-7-21-18(15-9-12-3-5-14(15)8-12)11-13-4-6-16(19)17(20)10-13/h4,6,10,12,14-15,18,21H,2-3,5,7-9,11H2,1H3. The highest BCUT2D eigenvalue weighted by molar-refractivity contribution is 6.30. The molecule has 1 nitrogen and oxygen atoms in total. The molecule has 2 fully saturated rings. The van der Waals surface area contributed by atoms with Gasteiger partial charge in [-0.15, -0.1) is 0 Å². The molecular weight excluding hydrogens is 285 g/mol. The van der Waals surface area contributed by atoms with Crippen LogP contribution in [0.4, 0.5) is 4.39 Å². The fourth-order valence-corrected chi connectivity index (χ4v) is 4.53. The van der Waals surface area contributed by atoms with Crippen LogP contribution in [0.1, 0.15) is 44.6 Å². The molecule has 0 heterocycles. The van der Waals surface area contributed by atoms with E-state index in [0.29, 0.717) is 6.04 Å². The van der Waals surface area contributed by atoms with Crippen molar-refractivity contribution in [2.75, 3.05) is 6.54 Å². The van der Waals surface area contributed by atoms with Gasteiger partial charge in [0.1, 0.15) is 5.82 Å². The van der Waals surface area contributed by atoms with E-state index in [9.17, 15) is 4.39 Å². The SMILES string of the molecule is CCCNC(Cc1ccc(Cl)c(F)c1)C1CC2CCC1C2. The summed E-state index contributed by atoms with van der Waals surface area (Å²) in [6, 6.07) is 5.75. The molecular formula is C18H25ClFN. The zero-order chi connectivity index (χ0) is 14.8. The highest BCUT2D eigenvalue weighted by Crippen LogP contribution is 2.49. The smallest absolute Gasteiger partial charge is 0.142 e. The van der Waals surface area contributed by atoms with Gasteiger partial charge in [-0.3, -0.25) is 0 Å². The minimum Gasteiger partial charge on any atom is -0.313 e. The lowest BCUT2D eigenvalue weighted by Crippen LogP contribution is -2.40. The number of rotatable bonds is 6. The molecule has 3 rings (SSSR count). The van der Waals surface area contributed by atoms with Gasteiger partial charge < -0.3 is 5.32 Å². The van der Waals surface area contributed by atoms with Crippen molar-refractivity contribution in [2.24, 2.45) is 17.8 Å². The molecule has 0 radical (unpaired) electrons. The highest BCUT2D eigenvalue weighted by atomic mass is 35.5. The van der Waals surface area contributed by atoms with Gasteiger partial charge in [0.15, 0.2) is 0 Å².